The topological polar surface area (TPSA) is 64.1 Å². The molecule has 0 spiro atoms. The highest BCUT2D eigenvalue weighted by Gasteiger charge is 2.19. The van der Waals surface area contributed by atoms with E-state index in [9.17, 15) is 4.79 Å². The zero-order chi connectivity index (χ0) is 15.2. The number of nitrogens with zero attached hydrogens (tertiary/aromatic N) is 2. The number of rotatable bonds is 4. The quantitative estimate of drug-likeness (QED) is 0.924. The second-order valence-corrected chi connectivity index (χ2v) is 7.32. The van der Waals surface area contributed by atoms with Gasteiger partial charge in [-0.15, -0.1) is 22.0 Å². The van der Waals surface area contributed by atoms with Crippen LogP contribution in [-0.2, 0) is 4.74 Å². The molecule has 2 heterocycles. The van der Waals surface area contributed by atoms with Gasteiger partial charge in [0.25, 0.3) is 5.91 Å². The molecular weight excluding hydrogens is 298 g/mol. The van der Waals surface area contributed by atoms with Gasteiger partial charge in [0, 0.05) is 24.5 Å². The predicted octanol–water partition coefficient (Wildman–Crippen LogP) is 2.81. The molecule has 5 nitrogen and oxygen atoms in total. The molecule has 0 aromatic carbocycles. The monoisotopic (exact) mass is 321 g/mol. The van der Waals surface area contributed by atoms with Crippen molar-refractivity contribution < 1.29 is 9.53 Å². The van der Waals surface area contributed by atoms with Crippen molar-refractivity contribution >= 4 is 17.7 Å². The third-order valence-electron chi connectivity index (χ3n) is 4.27. The summed E-state index contributed by atoms with van der Waals surface area (Å²) in [6.07, 6.45) is 8.25. The zero-order valence-electron chi connectivity index (χ0n) is 12.8. The normalized spacial score (nSPS) is 20.7. The standard InChI is InChI=1S/C16H23N3O2S/c20-16(17-12-8-10-21-11-9-12)14-6-7-15(19-18-14)22-13-4-2-1-3-5-13/h6-7,12-13H,1-5,8-11H2,(H,17,20). The van der Waals surface area contributed by atoms with Gasteiger partial charge in [-0.3, -0.25) is 4.79 Å². The van der Waals surface area contributed by atoms with Crippen LogP contribution in [0, 0.1) is 0 Å². The lowest BCUT2D eigenvalue weighted by molar-refractivity contribution is 0.0693. The Morgan fingerprint density at radius 2 is 1.86 bits per heavy atom. The molecule has 6 heteroatoms. The zero-order valence-corrected chi connectivity index (χ0v) is 13.6. The summed E-state index contributed by atoms with van der Waals surface area (Å²) in [6.45, 7) is 1.43. The maximum absolute atomic E-state index is 12.2. The summed E-state index contributed by atoms with van der Waals surface area (Å²) in [6, 6.07) is 3.90. The Morgan fingerprint density at radius 1 is 1.09 bits per heavy atom. The van der Waals surface area contributed by atoms with E-state index in [1.165, 1.54) is 32.1 Å². The Morgan fingerprint density at radius 3 is 2.55 bits per heavy atom. The molecule has 1 saturated heterocycles. The first-order valence-electron chi connectivity index (χ1n) is 8.20. The Bertz CT molecular complexity index is 483. The van der Waals surface area contributed by atoms with E-state index in [4.69, 9.17) is 4.74 Å². The van der Waals surface area contributed by atoms with Gasteiger partial charge in [0.2, 0.25) is 0 Å². The van der Waals surface area contributed by atoms with Crippen molar-refractivity contribution in [1.29, 1.82) is 0 Å². The Kier molecular flexibility index (Phi) is 5.67. The summed E-state index contributed by atoms with van der Waals surface area (Å²) in [5, 5.41) is 12.9. The van der Waals surface area contributed by atoms with Gasteiger partial charge < -0.3 is 10.1 Å². The second-order valence-electron chi connectivity index (χ2n) is 5.99. The fourth-order valence-electron chi connectivity index (χ4n) is 2.96. The predicted molar refractivity (Wildman–Crippen MR) is 86.1 cm³/mol. The number of carbonyl (C=O) groups excluding carboxylic acids is 1. The van der Waals surface area contributed by atoms with E-state index in [0.717, 1.165) is 17.9 Å². The number of thioether (sulfide) groups is 1. The number of amides is 1. The van der Waals surface area contributed by atoms with E-state index in [2.05, 4.69) is 15.5 Å². The van der Waals surface area contributed by atoms with Gasteiger partial charge in [0.05, 0.1) is 0 Å². The van der Waals surface area contributed by atoms with Crippen LogP contribution in [0.25, 0.3) is 0 Å². The van der Waals surface area contributed by atoms with Gasteiger partial charge in [-0.25, -0.2) is 0 Å². The summed E-state index contributed by atoms with van der Waals surface area (Å²) in [5.41, 5.74) is 0.402. The Balaban J connectivity index is 1.52. The van der Waals surface area contributed by atoms with Gasteiger partial charge >= 0.3 is 0 Å². The second kappa shape index (κ2) is 7.92. The van der Waals surface area contributed by atoms with Crippen LogP contribution in [0.5, 0.6) is 0 Å². The van der Waals surface area contributed by atoms with Crippen LogP contribution in [0.3, 0.4) is 0 Å². The third-order valence-corrected chi connectivity index (χ3v) is 5.53. The van der Waals surface area contributed by atoms with Crippen LogP contribution in [0.2, 0.25) is 0 Å². The van der Waals surface area contributed by atoms with Crippen molar-refractivity contribution in [1.82, 2.24) is 15.5 Å². The summed E-state index contributed by atoms with van der Waals surface area (Å²) in [4.78, 5) is 12.2. The van der Waals surface area contributed by atoms with Crippen LogP contribution in [0.15, 0.2) is 17.2 Å². The molecule has 0 radical (unpaired) electrons. The highest BCUT2D eigenvalue weighted by Crippen LogP contribution is 2.32. The first-order valence-corrected chi connectivity index (χ1v) is 9.08. The van der Waals surface area contributed by atoms with E-state index < -0.39 is 0 Å². The fourth-order valence-corrected chi connectivity index (χ4v) is 4.10. The molecule has 2 fully saturated rings. The molecule has 1 aromatic rings. The number of aromatic nitrogens is 2. The minimum atomic E-state index is -0.131. The number of hydrogen-bond acceptors (Lipinski definition) is 5. The van der Waals surface area contributed by atoms with Crippen molar-refractivity contribution in [2.45, 2.75) is 61.3 Å². The largest absolute Gasteiger partial charge is 0.381 e. The van der Waals surface area contributed by atoms with E-state index >= 15 is 0 Å². The molecule has 1 aromatic heterocycles. The summed E-state index contributed by atoms with van der Waals surface area (Å²) in [5.74, 6) is -0.131. The highest BCUT2D eigenvalue weighted by atomic mass is 32.2. The molecule has 22 heavy (non-hydrogen) atoms. The molecule has 0 bridgehead atoms. The number of ether oxygens (including phenoxy) is 1. The molecule has 1 aliphatic carbocycles. The van der Waals surface area contributed by atoms with E-state index in [1.54, 1.807) is 17.8 Å². The highest BCUT2D eigenvalue weighted by molar-refractivity contribution is 7.99. The van der Waals surface area contributed by atoms with Gasteiger partial charge in [-0.05, 0) is 37.8 Å². The van der Waals surface area contributed by atoms with Crippen molar-refractivity contribution in [2.75, 3.05) is 13.2 Å². The molecule has 120 valence electrons. The van der Waals surface area contributed by atoms with E-state index in [-0.39, 0.29) is 11.9 Å². The Hall–Kier alpha value is -1.14. The lowest BCUT2D eigenvalue weighted by Crippen LogP contribution is -2.39. The smallest absolute Gasteiger partial charge is 0.272 e. The molecule has 1 saturated carbocycles. The summed E-state index contributed by atoms with van der Waals surface area (Å²) in [7, 11) is 0. The van der Waals surface area contributed by atoms with Gasteiger partial charge in [0.15, 0.2) is 5.69 Å². The van der Waals surface area contributed by atoms with Crippen molar-refractivity contribution in [3.8, 4) is 0 Å². The molecule has 3 rings (SSSR count). The van der Waals surface area contributed by atoms with Gasteiger partial charge in [0.1, 0.15) is 5.03 Å². The first kappa shape index (κ1) is 15.7. The average molecular weight is 321 g/mol. The van der Waals surface area contributed by atoms with E-state index in [0.29, 0.717) is 24.2 Å². The minimum absolute atomic E-state index is 0.131. The van der Waals surface area contributed by atoms with Crippen LogP contribution in [0.1, 0.15) is 55.4 Å². The molecule has 1 aliphatic heterocycles. The molecule has 0 atom stereocenters. The van der Waals surface area contributed by atoms with Crippen molar-refractivity contribution in [2.24, 2.45) is 0 Å². The van der Waals surface area contributed by atoms with Gasteiger partial charge in [-0.1, -0.05) is 19.3 Å². The molecule has 1 N–H and O–H groups in total. The average Bonchev–Trinajstić information content (AvgIpc) is 2.57. The molecular formula is C16H23N3O2S. The third kappa shape index (κ3) is 4.43. The minimum Gasteiger partial charge on any atom is -0.381 e. The van der Waals surface area contributed by atoms with Crippen LogP contribution >= 0.6 is 11.8 Å². The number of hydrogen-bond donors (Lipinski definition) is 1. The van der Waals surface area contributed by atoms with Gasteiger partial charge in [-0.2, -0.15) is 0 Å². The maximum Gasteiger partial charge on any atom is 0.272 e. The molecule has 2 aliphatic rings. The van der Waals surface area contributed by atoms with Crippen LogP contribution < -0.4 is 5.32 Å². The number of carbonyl (C=O) groups is 1. The summed E-state index contributed by atoms with van der Waals surface area (Å²) < 4.78 is 5.29. The molecule has 1 amide bonds. The fraction of sp³-hybridized carbons (Fsp3) is 0.688. The molecule has 0 unspecified atom stereocenters. The lowest BCUT2D eigenvalue weighted by Gasteiger charge is -2.22. The lowest BCUT2D eigenvalue weighted by atomic mass is 10.0. The Labute approximate surface area is 135 Å². The van der Waals surface area contributed by atoms with E-state index in [1.807, 2.05) is 6.07 Å². The van der Waals surface area contributed by atoms with Crippen LogP contribution in [-0.4, -0.2) is 40.6 Å². The maximum atomic E-state index is 12.2. The van der Waals surface area contributed by atoms with Crippen molar-refractivity contribution in [3.63, 3.8) is 0 Å². The van der Waals surface area contributed by atoms with Crippen molar-refractivity contribution in [3.05, 3.63) is 17.8 Å². The van der Waals surface area contributed by atoms with Crippen LogP contribution in [0.4, 0.5) is 0 Å². The first-order chi connectivity index (χ1) is 10.8. The summed E-state index contributed by atoms with van der Waals surface area (Å²) >= 11 is 1.80. The number of nitrogens with one attached hydrogen (secondary N) is 1. The SMILES string of the molecule is O=C(NC1CCOCC1)c1ccc(SC2CCCCC2)nn1.